The van der Waals surface area contributed by atoms with E-state index in [4.69, 9.17) is 9.47 Å². The van der Waals surface area contributed by atoms with Crippen LogP contribution in [0.3, 0.4) is 0 Å². The summed E-state index contributed by atoms with van der Waals surface area (Å²) >= 11 is 0. The van der Waals surface area contributed by atoms with E-state index < -0.39 is 5.97 Å². The Bertz CT molecular complexity index is 677. The van der Waals surface area contributed by atoms with Crippen LogP contribution in [0.25, 0.3) is 11.3 Å². The highest BCUT2D eigenvalue weighted by molar-refractivity contribution is 5.96. The summed E-state index contributed by atoms with van der Waals surface area (Å²) in [6.07, 6.45) is 0. The van der Waals surface area contributed by atoms with Gasteiger partial charge in [0.2, 0.25) is 0 Å². The predicted molar refractivity (Wildman–Crippen MR) is 78.1 cm³/mol. The molecule has 0 aliphatic carbocycles. The molecule has 2 rings (SSSR count). The van der Waals surface area contributed by atoms with Gasteiger partial charge >= 0.3 is 5.97 Å². The number of nitrogens with zero attached hydrogens (tertiary/aromatic N) is 2. The minimum absolute atomic E-state index is 0.199. The Morgan fingerprint density at radius 2 is 2.10 bits per heavy atom. The number of carbonyl (C=O) groups is 1. The van der Waals surface area contributed by atoms with E-state index in [1.54, 1.807) is 44.0 Å². The number of aromatic nitrogens is 2. The van der Waals surface area contributed by atoms with Crippen LogP contribution in [-0.2, 0) is 7.05 Å². The van der Waals surface area contributed by atoms with Gasteiger partial charge in [-0.15, -0.1) is 0 Å². The molecule has 0 saturated carbocycles. The van der Waals surface area contributed by atoms with Gasteiger partial charge in [0.05, 0.1) is 25.1 Å². The van der Waals surface area contributed by atoms with Gasteiger partial charge in [0.25, 0.3) is 0 Å². The summed E-state index contributed by atoms with van der Waals surface area (Å²) in [5, 5.41) is 13.6. The lowest BCUT2D eigenvalue weighted by molar-refractivity contribution is 0.0697. The molecule has 1 N–H and O–H groups in total. The third kappa shape index (κ3) is 2.69. The molecular weight excluding hydrogens is 272 g/mol. The van der Waals surface area contributed by atoms with E-state index in [0.29, 0.717) is 29.5 Å². The van der Waals surface area contributed by atoms with Gasteiger partial charge in [0.15, 0.2) is 11.5 Å². The first-order chi connectivity index (χ1) is 9.99. The van der Waals surface area contributed by atoms with Crippen molar-refractivity contribution in [3.05, 3.63) is 29.5 Å². The van der Waals surface area contributed by atoms with Crippen molar-refractivity contribution in [1.82, 2.24) is 9.78 Å². The van der Waals surface area contributed by atoms with Gasteiger partial charge in [-0.1, -0.05) is 0 Å². The standard InChI is InChI=1S/C15H18N2O4/c1-5-21-12-8-10(6-7-11(12)20-4)14-13(15(18)19)9(2)16-17(14)3/h6-8H,5H2,1-4H3,(H,18,19). The Morgan fingerprint density at radius 3 is 2.67 bits per heavy atom. The Labute approximate surface area is 122 Å². The maximum atomic E-state index is 11.5. The lowest BCUT2D eigenvalue weighted by atomic mass is 10.1. The van der Waals surface area contributed by atoms with Gasteiger partial charge in [-0.2, -0.15) is 5.10 Å². The number of aromatic carboxylic acids is 1. The van der Waals surface area contributed by atoms with Gasteiger partial charge in [0, 0.05) is 12.6 Å². The largest absolute Gasteiger partial charge is 0.493 e. The topological polar surface area (TPSA) is 73.6 Å². The summed E-state index contributed by atoms with van der Waals surface area (Å²) in [6.45, 7) is 4.05. The summed E-state index contributed by atoms with van der Waals surface area (Å²) < 4.78 is 12.3. The average Bonchev–Trinajstić information content (AvgIpc) is 2.74. The molecule has 0 radical (unpaired) electrons. The van der Waals surface area contributed by atoms with Gasteiger partial charge in [-0.25, -0.2) is 4.79 Å². The van der Waals surface area contributed by atoms with Crippen LogP contribution in [0.1, 0.15) is 23.0 Å². The quantitative estimate of drug-likeness (QED) is 0.915. The van der Waals surface area contributed by atoms with Crippen LogP contribution in [0.15, 0.2) is 18.2 Å². The molecule has 0 bridgehead atoms. The zero-order valence-corrected chi connectivity index (χ0v) is 12.5. The van der Waals surface area contributed by atoms with Crippen LogP contribution in [0.2, 0.25) is 0 Å². The van der Waals surface area contributed by atoms with Crippen molar-refractivity contribution in [2.45, 2.75) is 13.8 Å². The van der Waals surface area contributed by atoms with E-state index in [0.717, 1.165) is 5.56 Å². The number of rotatable bonds is 5. The van der Waals surface area contributed by atoms with Crippen molar-refractivity contribution in [2.24, 2.45) is 7.05 Å². The molecule has 21 heavy (non-hydrogen) atoms. The molecule has 1 aromatic heterocycles. The summed E-state index contributed by atoms with van der Waals surface area (Å²) in [5.41, 5.74) is 1.95. The van der Waals surface area contributed by atoms with E-state index in [2.05, 4.69) is 5.10 Å². The van der Waals surface area contributed by atoms with Crippen LogP contribution in [0, 0.1) is 6.92 Å². The molecule has 112 valence electrons. The van der Waals surface area contributed by atoms with Crippen LogP contribution in [0.5, 0.6) is 11.5 Å². The fourth-order valence-corrected chi connectivity index (χ4v) is 2.34. The number of carboxylic acid groups (broad SMARTS) is 1. The molecular formula is C15H18N2O4. The molecule has 0 aliphatic heterocycles. The zero-order valence-electron chi connectivity index (χ0n) is 12.5. The molecule has 0 spiro atoms. The molecule has 0 aliphatic rings. The smallest absolute Gasteiger partial charge is 0.339 e. The molecule has 1 heterocycles. The average molecular weight is 290 g/mol. The van der Waals surface area contributed by atoms with Crippen molar-refractivity contribution >= 4 is 5.97 Å². The van der Waals surface area contributed by atoms with E-state index in [-0.39, 0.29) is 5.56 Å². The number of aryl methyl sites for hydroxylation is 2. The molecule has 6 nitrogen and oxygen atoms in total. The third-order valence-electron chi connectivity index (χ3n) is 3.17. The van der Waals surface area contributed by atoms with Crippen molar-refractivity contribution in [3.63, 3.8) is 0 Å². The monoisotopic (exact) mass is 290 g/mol. The number of benzene rings is 1. The highest BCUT2D eigenvalue weighted by Crippen LogP contribution is 2.34. The molecule has 0 amide bonds. The van der Waals surface area contributed by atoms with Crippen molar-refractivity contribution in [3.8, 4) is 22.8 Å². The summed E-state index contributed by atoms with van der Waals surface area (Å²) in [7, 11) is 3.29. The minimum Gasteiger partial charge on any atom is -0.493 e. The molecule has 0 fully saturated rings. The molecule has 0 atom stereocenters. The second-order valence-electron chi connectivity index (χ2n) is 4.54. The summed E-state index contributed by atoms with van der Waals surface area (Å²) in [4.78, 5) is 11.5. The van der Waals surface area contributed by atoms with E-state index in [1.165, 1.54) is 0 Å². The van der Waals surface area contributed by atoms with Crippen molar-refractivity contribution < 1.29 is 19.4 Å². The third-order valence-corrected chi connectivity index (χ3v) is 3.17. The zero-order chi connectivity index (χ0) is 15.6. The predicted octanol–water partition coefficient (Wildman–Crippen LogP) is 2.50. The van der Waals surface area contributed by atoms with E-state index in [1.807, 2.05) is 6.92 Å². The highest BCUT2D eigenvalue weighted by atomic mass is 16.5. The number of methoxy groups -OCH3 is 1. The van der Waals surface area contributed by atoms with Crippen LogP contribution in [0.4, 0.5) is 0 Å². The maximum absolute atomic E-state index is 11.5. The van der Waals surface area contributed by atoms with Gasteiger partial charge < -0.3 is 14.6 Å². The SMILES string of the molecule is CCOc1cc(-c2c(C(=O)O)c(C)nn2C)ccc1OC. The van der Waals surface area contributed by atoms with Crippen LogP contribution in [-0.4, -0.2) is 34.6 Å². The van der Waals surface area contributed by atoms with Crippen molar-refractivity contribution in [1.29, 1.82) is 0 Å². The molecule has 0 saturated heterocycles. The number of ether oxygens (including phenoxy) is 2. The minimum atomic E-state index is -0.996. The first kappa shape index (κ1) is 14.9. The van der Waals surface area contributed by atoms with Gasteiger partial charge in [-0.3, -0.25) is 4.68 Å². The van der Waals surface area contributed by atoms with Crippen molar-refractivity contribution in [2.75, 3.05) is 13.7 Å². The van der Waals surface area contributed by atoms with Gasteiger partial charge in [-0.05, 0) is 32.0 Å². The molecule has 6 heteroatoms. The lowest BCUT2D eigenvalue weighted by Crippen LogP contribution is -2.02. The summed E-state index contributed by atoms with van der Waals surface area (Å²) in [6, 6.07) is 5.32. The molecule has 2 aromatic rings. The Morgan fingerprint density at radius 1 is 1.38 bits per heavy atom. The number of carboxylic acids is 1. The Hall–Kier alpha value is -2.50. The molecule has 1 aromatic carbocycles. The second kappa shape index (κ2) is 5.87. The Balaban J connectivity index is 2.62. The Kier molecular flexibility index (Phi) is 4.16. The van der Waals surface area contributed by atoms with Crippen LogP contribution >= 0.6 is 0 Å². The van der Waals surface area contributed by atoms with E-state index in [9.17, 15) is 9.90 Å². The fourth-order valence-electron chi connectivity index (χ4n) is 2.34. The number of hydrogen-bond donors (Lipinski definition) is 1. The first-order valence-corrected chi connectivity index (χ1v) is 6.57. The normalized spacial score (nSPS) is 10.5. The molecule has 0 unspecified atom stereocenters. The van der Waals surface area contributed by atoms with Crippen LogP contribution < -0.4 is 9.47 Å². The second-order valence-corrected chi connectivity index (χ2v) is 4.54. The summed E-state index contributed by atoms with van der Waals surface area (Å²) in [5.74, 6) is 0.188. The lowest BCUT2D eigenvalue weighted by Gasteiger charge is -2.12. The first-order valence-electron chi connectivity index (χ1n) is 6.57. The van der Waals surface area contributed by atoms with E-state index >= 15 is 0 Å². The number of hydrogen-bond acceptors (Lipinski definition) is 4. The highest BCUT2D eigenvalue weighted by Gasteiger charge is 2.21. The fraction of sp³-hybridized carbons (Fsp3) is 0.333. The maximum Gasteiger partial charge on any atom is 0.339 e. The van der Waals surface area contributed by atoms with Gasteiger partial charge in [0.1, 0.15) is 5.56 Å².